The Balaban J connectivity index is 1.61. The zero-order valence-corrected chi connectivity index (χ0v) is 19.7. The van der Waals surface area contributed by atoms with Gasteiger partial charge >= 0.3 is 17.9 Å². The Hall–Kier alpha value is -3.60. The predicted molar refractivity (Wildman–Crippen MR) is 116 cm³/mol. The first-order chi connectivity index (χ1) is 16.4. The molecular formula is C18H19N5O10S2. The summed E-state index contributed by atoms with van der Waals surface area (Å²) >= 11 is 0.958. The first-order valence-corrected chi connectivity index (χ1v) is 12.3. The molecule has 0 aliphatic carbocycles. The lowest BCUT2D eigenvalue weighted by Crippen LogP contribution is -2.83. The van der Waals surface area contributed by atoms with Gasteiger partial charge in [0, 0.05) is 21.9 Å². The third kappa shape index (κ3) is 3.70. The van der Waals surface area contributed by atoms with Crippen molar-refractivity contribution in [1.82, 2.24) is 15.2 Å². The summed E-state index contributed by atoms with van der Waals surface area (Å²) in [6.07, 6.45) is -1.42. The van der Waals surface area contributed by atoms with Crippen LogP contribution < -0.4 is 11.1 Å². The van der Waals surface area contributed by atoms with Crippen molar-refractivity contribution in [1.29, 1.82) is 0 Å². The number of ether oxygens (including phenoxy) is 1. The van der Waals surface area contributed by atoms with Crippen molar-refractivity contribution in [3.63, 3.8) is 0 Å². The molecule has 3 fully saturated rings. The summed E-state index contributed by atoms with van der Waals surface area (Å²) in [6, 6.07) is -1.44. The maximum atomic E-state index is 13.0. The molecule has 3 aliphatic heterocycles. The van der Waals surface area contributed by atoms with Gasteiger partial charge in [-0.25, -0.2) is 14.6 Å². The highest BCUT2D eigenvalue weighted by atomic mass is 32.2. The Bertz CT molecular complexity index is 1200. The number of amides is 2. The van der Waals surface area contributed by atoms with Gasteiger partial charge in [-0.2, -0.15) is 0 Å². The molecule has 7 atom stereocenters. The number of aromatic nitrogens is 1. The Kier molecular flexibility index (Phi) is 6.00. The molecule has 0 bridgehead atoms. The van der Waals surface area contributed by atoms with Crippen molar-refractivity contribution >= 4 is 62.7 Å². The number of carboxylic acids is 2. The van der Waals surface area contributed by atoms with E-state index < -0.39 is 81.3 Å². The van der Waals surface area contributed by atoms with E-state index in [9.17, 15) is 33.3 Å². The van der Waals surface area contributed by atoms with E-state index in [-0.39, 0.29) is 16.6 Å². The summed E-state index contributed by atoms with van der Waals surface area (Å²) in [5.74, 6) is -7.93. The van der Waals surface area contributed by atoms with Crippen LogP contribution in [0.5, 0.6) is 0 Å². The first kappa shape index (κ1) is 24.5. The Morgan fingerprint density at radius 1 is 1.43 bits per heavy atom. The van der Waals surface area contributed by atoms with Crippen molar-refractivity contribution < 1.29 is 48.0 Å². The zero-order valence-electron chi connectivity index (χ0n) is 18.1. The Morgan fingerprint density at radius 2 is 2.11 bits per heavy atom. The average Bonchev–Trinajstić information content (AvgIpc) is 3.32. The molecule has 0 saturated carbocycles. The molecule has 4 heterocycles. The van der Waals surface area contributed by atoms with E-state index in [0.717, 1.165) is 16.2 Å². The molecular weight excluding hydrogens is 510 g/mol. The predicted octanol–water partition coefficient (Wildman–Crippen LogP) is -2.08. The second kappa shape index (κ2) is 8.56. The quantitative estimate of drug-likeness (QED) is 0.129. The van der Waals surface area contributed by atoms with E-state index in [0.29, 0.717) is 0 Å². The van der Waals surface area contributed by atoms with Crippen molar-refractivity contribution in [2.45, 2.75) is 37.1 Å². The zero-order chi connectivity index (χ0) is 25.8. The third-order valence-corrected chi connectivity index (χ3v) is 8.35. The van der Waals surface area contributed by atoms with E-state index in [1.54, 1.807) is 0 Å². The summed E-state index contributed by atoms with van der Waals surface area (Å²) in [5, 5.41) is 24.8. The van der Waals surface area contributed by atoms with Crippen molar-refractivity contribution in [2.24, 2.45) is 17.0 Å². The minimum atomic E-state index is -2.33. The number of carbonyl (C=O) groups excluding carboxylic acids is 3. The van der Waals surface area contributed by atoms with Gasteiger partial charge < -0.3 is 30.8 Å². The van der Waals surface area contributed by atoms with Crippen molar-refractivity contribution in [3.8, 4) is 0 Å². The van der Waals surface area contributed by atoms with E-state index in [1.165, 1.54) is 19.2 Å². The number of nitrogens with one attached hydrogen (secondary N) is 1. The number of β-lactam (4-membered cyclic amide) rings is 1. The standard InChI is InChI=1S/C18H19N5O10S2/c1-5-7-4-35(31)13-10(12(25)23(13)18(7,16(29)30)32-15(5)28)21-11(24)9(8-3-34-17(19)20-8)22-33-6(2)14(26)27/h3,5-7,10,13H,4H2,1-2H3,(H2,19,20)(H,21,24)(H,26,27)(H,29,30)/b22-9-. The summed E-state index contributed by atoms with van der Waals surface area (Å²) in [5.41, 5.74) is 2.68. The second-order valence-corrected chi connectivity index (χ2v) is 10.5. The topological polar surface area (TPSA) is 228 Å². The molecule has 1 aromatic heterocycles. The molecule has 5 N–H and O–H groups in total. The van der Waals surface area contributed by atoms with Gasteiger partial charge in [-0.05, 0) is 6.92 Å². The van der Waals surface area contributed by atoms with Crippen LogP contribution in [0.2, 0.25) is 0 Å². The SMILES string of the molecule is CC(O/N=C(\C(=O)NC1C(=O)N2C1S(=O)CC1C(C)C(=O)OC12C(=O)O)c1csc(N)n1)C(=O)O. The molecule has 0 radical (unpaired) electrons. The number of nitrogen functional groups attached to an aromatic ring is 1. The van der Waals surface area contributed by atoms with Crippen LogP contribution in [0.3, 0.4) is 0 Å². The maximum Gasteiger partial charge on any atom is 0.370 e. The number of anilines is 1. The molecule has 0 aromatic carbocycles. The van der Waals surface area contributed by atoms with Crippen LogP contribution in [0.15, 0.2) is 10.5 Å². The number of aliphatic carboxylic acids is 2. The highest BCUT2D eigenvalue weighted by Crippen LogP contribution is 2.49. The number of rotatable bonds is 7. The monoisotopic (exact) mass is 529 g/mol. The molecule has 2 amide bonds. The van der Waals surface area contributed by atoms with Gasteiger partial charge in [0.05, 0.1) is 11.8 Å². The number of hydrogen-bond acceptors (Lipinski definition) is 12. The molecule has 15 nitrogen and oxygen atoms in total. The van der Waals surface area contributed by atoms with E-state index in [1.807, 2.05) is 0 Å². The minimum Gasteiger partial charge on any atom is -0.478 e. The van der Waals surface area contributed by atoms with E-state index in [2.05, 4.69) is 15.5 Å². The van der Waals surface area contributed by atoms with Gasteiger partial charge in [0.15, 0.2) is 10.8 Å². The fourth-order valence-electron chi connectivity index (χ4n) is 4.10. The third-order valence-electron chi connectivity index (χ3n) is 5.97. The largest absolute Gasteiger partial charge is 0.478 e. The van der Waals surface area contributed by atoms with Crippen molar-refractivity contribution in [3.05, 3.63) is 11.1 Å². The van der Waals surface area contributed by atoms with Crippen molar-refractivity contribution in [2.75, 3.05) is 11.5 Å². The van der Waals surface area contributed by atoms with Crippen LogP contribution in [0.4, 0.5) is 5.13 Å². The summed E-state index contributed by atoms with van der Waals surface area (Å²) < 4.78 is 18.1. The molecule has 35 heavy (non-hydrogen) atoms. The number of fused-ring (bicyclic) bond motifs is 3. The summed E-state index contributed by atoms with van der Waals surface area (Å²) in [7, 11) is -1.84. The van der Waals surface area contributed by atoms with E-state index >= 15 is 0 Å². The lowest BCUT2D eigenvalue weighted by molar-refractivity contribution is -0.216. The molecule has 0 spiro atoms. The fourth-order valence-corrected chi connectivity index (χ4v) is 6.69. The first-order valence-electron chi connectivity index (χ1n) is 10.1. The molecule has 1 aromatic rings. The normalized spacial score (nSPS) is 32.6. The highest BCUT2D eigenvalue weighted by molar-refractivity contribution is 7.85. The van der Waals surface area contributed by atoms with Crippen LogP contribution in [-0.2, 0) is 44.3 Å². The number of hydrogen-bond donors (Lipinski definition) is 4. The lowest BCUT2D eigenvalue weighted by atomic mass is 9.84. The Morgan fingerprint density at radius 3 is 2.69 bits per heavy atom. The smallest absolute Gasteiger partial charge is 0.370 e. The van der Waals surface area contributed by atoms with E-state index in [4.69, 9.17) is 20.4 Å². The lowest BCUT2D eigenvalue weighted by Gasteiger charge is -2.56. The fraction of sp³-hybridized carbons (Fsp3) is 0.500. The maximum absolute atomic E-state index is 13.0. The second-order valence-electron chi connectivity index (χ2n) is 8.01. The van der Waals surface area contributed by atoms with Gasteiger partial charge in [0.2, 0.25) is 6.10 Å². The highest BCUT2D eigenvalue weighted by Gasteiger charge is 2.74. The molecule has 4 rings (SSSR count). The number of thiazole rings is 1. The number of nitrogens with zero attached hydrogens (tertiary/aromatic N) is 3. The van der Waals surface area contributed by atoms with Crippen LogP contribution in [0.1, 0.15) is 19.5 Å². The molecule has 17 heteroatoms. The van der Waals surface area contributed by atoms with Crippen LogP contribution in [-0.4, -0.2) is 88.7 Å². The number of oxime groups is 1. The summed E-state index contributed by atoms with van der Waals surface area (Å²) in [4.78, 5) is 70.8. The number of nitrogens with two attached hydrogens (primary N) is 1. The van der Waals surface area contributed by atoms with Gasteiger partial charge in [0.1, 0.15) is 17.1 Å². The molecule has 3 aliphatic rings. The van der Waals surface area contributed by atoms with Crippen LogP contribution in [0.25, 0.3) is 0 Å². The van der Waals surface area contributed by atoms with Crippen LogP contribution >= 0.6 is 11.3 Å². The molecule has 3 saturated heterocycles. The Labute approximate surface area is 202 Å². The number of carbonyl (C=O) groups is 5. The summed E-state index contributed by atoms with van der Waals surface area (Å²) in [6.45, 7) is 2.60. The minimum absolute atomic E-state index is 0.0673. The van der Waals surface area contributed by atoms with Gasteiger partial charge in [-0.15, -0.1) is 11.3 Å². The number of esters is 1. The van der Waals surface area contributed by atoms with Gasteiger partial charge in [0.25, 0.3) is 17.5 Å². The average molecular weight is 530 g/mol. The molecule has 188 valence electrons. The molecule has 7 unspecified atom stereocenters. The van der Waals surface area contributed by atoms with Crippen LogP contribution in [0, 0.1) is 11.8 Å². The van der Waals surface area contributed by atoms with Gasteiger partial charge in [-0.1, -0.05) is 12.1 Å². The number of carboxylic acid groups (broad SMARTS) is 2. The van der Waals surface area contributed by atoms with Gasteiger partial charge in [-0.3, -0.25) is 23.5 Å².